The fraction of sp³-hybridized carbons (Fsp3) is 0.263. The average molecular weight is 358 g/mol. The molecule has 0 unspecified atom stereocenters. The minimum absolute atomic E-state index is 0.117. The molecule has 1 saturated heterocycles. The predicted molar refractivity (Wildman–Crippen MR) is 92.2 cm³/mol. The number of benzene rings is 2. The molecule has 2 aromatic rings. The summed E-state index contributed by atoms with van der Waals surface area (Å²) in [5.41, 5.74) is 4.63. The lowest BCUT2D eigenvalue weighted by Crippen LogP contribution is -2.41. The molecule has 0 saturated carbocycles. The molecule has 3 rings (SSSR count). The molecule has 1 heterocycles. The van der Waals surface area contributed by atoms with Gasteiger partial charge < -0.3 is 9.47 Å². The molecule has 0 aromatic heterocycles. The fourth-order valence-corrected chi connectivity index (χ4v) is 2.57. The molecule has 2 aromatic carbocycles. The zero-order chi connectivity index (χ0) is 18.4. The molecule has 7 heteroatoms. The van der Waals surface area contributed by atoms with E-state index in [1.54, 1.807) is 24.3 Å². The van der Waals surface area contributed by atoms with Crippen LogP contribution in [0, 0.1) is 5.82 Å². The Hall–Kier alpha value is -2.93. The Morgan fingerprint density at radius 2 is 1.81 bits per heavy atom. The van der Waals surface area contributed by atoms with E-state index in [1.165, 1.54) is 24.3 Å². The number of nitrogens with one attached hydrogen (secondary N) is 2. The van der Waals surface area contributed by atoms with Gasteiger partial charge in [0.1, 0.15) is 18.2 Å². The molecule has 1 fully saturated rings. The van der Waals surface area contributed by atoms with Crippen molar-refractivity contribution in [2.75, 3.05) is 13.2 Å². The van der Waals surface area contributed by atoms with E-state index in [-0.39, 0.29) is 11.7 Å². The second-order valence-corrected chi connectivity index (χ2v) is 5.86. The van der Waals surface area contributed by atoms with Gasteiger partial charge in [-0.2, -0.15) is 0 Å². The number of hydrogen-bond acceptors (Lipinski definition) is 4. The highest BCUT2D eigenvalue weighted by atomic mass is 19.1. The summed E-state index contributed by atoms with van der Waals surface area (Å²) in [4.78, 5) is 23.9. The molecule has 0 aliphatic carbocycles. The first-order valence-electron chi connectivity index (χ1n) is 8.33. The maximum absolute atomic E-state index is 13.5. The van der Waals surface area contributed by atoms with Gasteiger partial charge in [-0.25, -0.2) is 4.39 Å². The SMILES string of the molecule is O=C(NNC(=O)c1ccccc1F)c1ccc(OC[C@H]2CCCO2)cc1. The van der Waals surface area contributed by atoms with Gasteiger partial charge >= 0.3 is 0 Å². The Bertz CT molecular complexity index is 773. The van der Waals surface area contributed by atoms with Crippen molar-refractivity contribution in [2.45, 2.75) is 18.9 Å². The van der Waals surface area contributed by atoms with E-state index >= 15 is 0 Å². The first-order valence-corrected chi connectivity index (χ1v) is 8.33. The summed E-state index contributed by atoms with van der Waals surface area (Å²) < 4.78 is 24.6. The highest BCUT2D eigenvalue weighted by Gasteiger charge is 2.16. The van der Waals surface area contributed by atoms with Crippen LogP contribution in [0.25, 0.3) is 0 Å². The van der Waals surface area contributed by atoms with Crippen LogP contribution in [-0.4, -0.2) is 31.1 Å². The van der Waals surface area contributed by atoms with Crippen LogP contribution in [0.2, 0.25) is 0 Å². The van der Waals surface area contributed by atoms with Crippen molar-refractivity contribution in [3.05, 3.63) is 65.5 Å². The van der Waals surface area contributed by atoms with Gasteiger partial charge in [-0.1, -0.05) is 12.1 Å². The first-order chi connectivity index (χ1) is 12.6. The van der Waals surface area contributed by atoms with E-state index in [1.807, 2.05) is 0 Å². The van der Waals surface area contributed by atoms with Crippen LogP contribution in [-0.2, 0) is 4.74 Å². The third-order valence-corrected chi connectivity index (χ3v) is 3.98. The van der Waals surface area contributed by atoms with Gasteiger partial charge in [0.25, 0.3) is 11.8 Å². The largest absolute Gasteiger partial charge is 0.491 e. The van der Waals surface area contributed by atoms with Crippen LogP contribution in [0.15, 0.2) is 48.5 Å². The van der Waals surface area contributed by atoms with Crippen molar-refractivity contribution < 1.29 is 23.5 Å². The van der Waals surface area contributed by atoms with Gasteiger partial charge in [-0.3, -0.25) is 20.4 Å². The minimum atomic E-state index is -0.729. The molecule has 26 heavy (non-hydrogen) atoms. The van der Waals surface area contributed by atoms with Gasteiger partial charge in [-0.15, -0.1) is 0 Å². The van der Waals surface area contributed by atoms with Crippen molar-refractivity contribution in [1.82, 2.24) is 10.9 Å². The number of amides is 2. The minimum Gasteiger partial charge on any atom is -0.491 e. The molecule has 0 spiro atoms. The number of halogens is 1. The lowest BCUT2D eigenvalue weighted by molar-refractivity contribution is 0.0679. The molecule has 1 atom stereocenters. The normalized spacial score (nSPS) is 16.1. The molecule has 0 radical (unpaired) electrons. The van der Waals surface area contributed by atoms with E-state index in [2.05, 4.69) is 10.9 Å². The molecule has 0 bridgehead atoms. The second-order valence-electron chi connectivity index (χ2n) is 5.86. The van der Waals surface area contributed by atoms with E-state index in [4.69, 9.17) is 9.47 Å². The van der Waals surface area contributed by atoms with Crippen LogP contribution in [0.5, 0.6) is 5.75 Å². The zero-order valence-corrected chi connectivity index (χ0v) is 14.0. The Morgan fingerprint density at radius 3 is 2.50 bits per heavy atom. The van der Waals surface area contributed by atoms with Crippen LogP contribution in [0.3, 0.4) is 0 Å². The molecular formula is C19H19FN2O4. The molecule has 6 nitrogen and oxygen atoms in total. The second kappa shape index (κ2) is 8.44. The summed E-state index contributed by atoms with van der Waals surface area (Å²) >= 11 is 0. The summed E-state index contributed by atoms with van der Waals surface area (Å²) in [6.45, 7) is 1.25. The molecule has 1 aliphatic rings. The Morgan fingerprint density at radius 1 is 1.08 bits per heavy atom. The summed E-state index contributed by atoms with van der Waals surface area (Å²) in [5.74, 6) is -1.27. The first kappa shape index (κ1) is 17.9. The van der Waals surface area contributed by atoms with Crippen molar-refractivity contribution >= 4 is 11.8 Å². The van der Waals surface area contributed by atoms with E-state index in [0.29, 0.717) is 17.9 Å². The third kappa shape index (κ3) is 4.58. The summed E-state index contributed by atoms with van der Waals surface area (Å²) in [6.07, 6.45) is 2.15. The van der Waals surface area contributed by atoms with Crippen molar-refractivity contribution in [2.24, 2.45) is 0 Å². The molecule has 136 valence electrons. The number of hydrazine groups is 1. The fourth-order valence-electron chi connectivity index (χ4n) is 2.57. The topological polar surface area (TPSA) is 76.7 Å². The third-order valence-electron chi connectivity index (χ3n) is 3.98. The zero-order valence-electron chi connectivity index (χ0n) is 14.0. The number of rotatable bonds is 5. The van der Waals surface area contributed by atoms with Crippen LogP contribution in [0.1, 0.15) is 33.6 Å². The Balaban J connectivity index is 1.50. The molecular weight excluding hydrogens is 339 g/mol. The van der Waals surface area contributed by atoms with Gasteiger partial charge in [0.2, 0.25) is 0 Å². The van der Waals surface area contributed by atoms with Crippen molar-refractivity contribution in [3.63, 3.8) is 0 Å². The van der Waals surface area contributed by atoms with E-state index in [0.717, 1.165) is 19.4 Å². The smallest absolute Gasteiger partial charge is 0.272 e. The van der Waals surface area contributed by atoms with Crippen LogP contribution >= 0.6 is 0 Å². The average Bonchev–Trinajstić information content (AvgIpc) is 3.18. The summed E-state index contributed by atoms with van der Waals surface area (Å²) in [6, 6.07) is 12.0. The lowest BCUT2D eigenvalue weighted by Gasteiger charge is -2.12. The Kier molecular flexibility index (Phi) is 5.80. The van der Waals surface area contributed by atoms with Gasteiger partial charge in [-0.05, 0) is 49.2 Å². The molecule has 2 N–H and O–H groups in total. The predicted octanol–water partition coefficient (Wildman–Crippen LogP) is 2.46. The maximum Gasteiger partial charge on any atom is 0.272 e. The highest BCUT2D eigenvalue weighted by Crippen LogP contribution is 2.16. The van der Waals surface area contributed by atoms with E-state index in [9.17, 15) is 14.0 Å². The van der Waals surface area contributed by atoms with Crippen LogP contribution < -0.4 is 15.6 Å². The standard InChI is InChI=1S/C19H19FN2O4/c20-17-6-2-1-5-16(17)19(24)22-21-18(23)13-7-9-14(10-8-13)26-12-15-4-3-11-25-15/h1-2,5-10,15H,3-4,11-12H2,(H,21,23)(H,22,24)/t15-/m1/s1. The van der Waals surface area contributed by atoms with E-state index < -0.39 is 17.6 Å². The number of carbonyl (C=O) groups excluding carboxylic acids is 2. The van der Waals surface area contributed by atoms with Crippen molar-refractivity contribution in [1.29, 1.82) is 0 Å². The number of ether oxygens (including phenoxy) is 2. The number of carbonyl (C=O) groups is 2. The highest BCUT2D eigenvalue weighted by molar-refractivity contribution is 5.99. The monoisotopic (exact) mass is 358 g/mol. The number of hydrogen-bond donors (Lipinski definition) is 2. The van der Waals surface area contributed by atoms with Gasteiger partial charge in [0, 0.05) is 12.2 Å². The maximum atomic E-state index is 13.5. The quantitative estimate of drug-likeness (QED) is 0.805. The van der Waals surface area contributed by atoms with Gasteiger partial charge in [0.05, 0.1) is 11.7 Å². The van der Waals surface area contributed by atoms with Gasteiger partial charge in [0.15, 0.2) is 0 Å². The Labute approximate surface area is 150 Å². The van der Waals surface area contributed by atoms with Crippen molar-refractivity contribution in [3.8, 4) is 5.75 Å². The van der Waals surface area contributed by atoms with Crippen LogP contribution in [0.4, 0.5) is 4.39 Å². The summed E-state index contributed by atoms with van der Waals surface area (Å²) in [5, 5.41) is 0. The molecule has 1 aliphatic heterocycles. The molecule has 2 amide bonds. The lowest BCUT2D eigenvalue weighted by atomic mass is 10.2. The summed E-state index contributed by atoms with van der Waals surface area (Å²) in [7, 11) is 0.